The number of carbonyl (C=O) groups excluding carboxylic acids is 1. The fourth-order valence-corrected chi connectivity index (χ4v) is 1.86. The van der Waals surface area contributed by atoms with Crippen LogP contribution >= 0.6 is 0 Å². The molecule has 2 aromatic rings. The Kier molecular flexibility index (Phi) is 4.98. The first-order valence-electron chi connectivity index (χ1n) is 7.45. The zero-order valence-electron chi connectivity index (χ0n) is 14.1. The molecule has 124 valence electrons. The lowest BCUT2D eigenvalue weighted by atomic mass is 10.2. The van der Waals surface area contributed by atoms with Gasteiger partial charge in [-0.2, -0.15) is 4.98 Å². The predicted octanol–water partition coefficient (Wildman–Crippen LogP) is 2.93. The molecule has 0 saturated carbocycles. The Morgan fingerprint density at radius 3 is 2.61 bits per heavy atom. The largest absolute Gasteiger partial charge is 0.444 e. The summed E-state index contributed by atoms with van der Waals surface area (Å²) < 4.78 is 10.6. The molecule has 0 aliphatic rings. The van der Waals surface area contributed by atoms with E-state index in [1.807, 2.05) is 27.7 Å². The van der Waals surface area contributed by atoms with Gasteiger partial charge in [0.25, 0.3) is 5.89 Å². The molecule has 0 fully saturated rings. The number of hydrogen-bond acceptors (Lipinski definition) is 6. The molecule has 0 unspecified atom stereocenters. The van der Waals surface area contributed by atoms with E-state index in [0.717, 1.165) is 5.56 Å². The first kappa shape index (κ1) is 16.9. The van der Waals surface area contributed by atoms with Crippen LogP contribution in [0.25, 0.3) is 11.5 Å². The Morgan fingerprint density at radius 1 is 1.35 bits per heavy atom. The third-order valence-corrected chi connectivity index (χ3v) is 3.22. The minimum Gasteiger partial charge on any atom is -0.444 e. The van der Waals surface area contributed by atoms with Crippen LogP contribution in [0.3, 0.4) is 0 Å². The van der Waals surface area contributed by atoms with Gasteiger partial charge in [-0.1, -0.05) is 5.16 Å². The molecule has 23 heavy (non-hydrogen) atoms. The van der Waals surface area contributed by atoms with Crippen molar-refractivity contribution in [3.05, 3.63) is 30.4 Å². The Morgan fingerprint density at radius 2 is 2.00 bits per heavy atom. The number of nitrogens with zero attached hydrogens (tertiary/aromatic N) is 4. The average Bonchev–Trinajstić information content (AvgIpc) is 2.94. The van der Waals surface area contributed by atoms with Crippen molar-refractivity contribution in [2.24, 2.45) is 0 Å². The zero-order chi connectivity index (χ0) is 17.0. The van der Waals surface area contributed by atoms with E-state index in [4.69, 9.17) is 9.26 Å². The van der Waals surface area contributed by atoms with Crippen LogP contribution in [0, 0.1) is 0 Å². The number of aromatic nitrogens is 3. The lowest BCUT2D eigenvalue weighted by molar-refractivity contribution is 0.0234. The van der Waals surface area contributed by atoms with E-state index in [2.05, 4.69) is 15.1 Å². The monoisotopic (exact) mass is 318 g/mol. The van der Waals surface area contributed by atoms with Gasteiger partial charge < -0.3 is 14.2 Å². The van der Waals surface area contributed by atoms with E-state index in [0.29, 0.717) is 18.1 Å². The van der Waals surface area contributed by atoms with E-state index < -0.39 is 5.60 Å². The molecule has 2 heterocycles. The Balaban J connectivity index is 1.99. The van der Waals surface area contributed by atoms with E-state index in [9.17, 15) is 4.79 Å². The second-order valence-electron chi connectivity index (χ2n) is 6.40. The van der Waals surface area contributed by atoms with Crippen molar-refractivity contribution in [1.29, 1.82) is 0 Å². The summed E-state index contributed by atoms with van der Waals surface area (Å²) in [7, 11) is 1.70. The minimum atomic E-state index is -0.522. The normalized spacial score (nSPS) is 12.7. The van der Waals surface area contributed by atoms with Gasteiger partial charge in [-0.25, -0.2) is 4.79 Å². The highest BCUT2D eigenvalue weighted by atomic mass is 16.6. The van der Waals surface area contributed by atoms with Gasteiger partial charge in [-0.3, -0.25) is 4.98 Å². The fourth-order valence-electron chi connectivity index (χ4n) is 1.86. The van der Waals surface area contributed by atoms with Crippen molar-refractivity contribution in [2.45, 2.75) is 45.8 Å². The lowest BCUT2D eigenvalue weighted by Crippen LogP contribution is -2.40. The fraction of sp³-hybridized carbons (Fsp3) is 0.500. The molecule has 0 aliphatic heterocycles. The molecule has 0 N–H and O–H groups in total. The molecule has 7 heteroatoms. The summed E-state index contributed by atoms with van der Waals surface area (Å²) in [5.74, 6) is 0.981. The molecule has 2 aromatic heterocycles. The SMILES string of the molecule is C[C@@H](Cc1noc(-c2ccncc2)n1)N(C)C(=O)OC(C)(C)C. The van der Waals surface area contributed by atoms with E-state index >= 15 is 0 Å². The van der Waals surface area contributed by atoms with Gasteiger partial charge in [0.2, 0.25) is 0 Å². The molecule has 7 nitrogen and oxygen atoms in total. The van der Waals surface area contributed by atoms with Crippen molar-refractivity contribution < 1.29 is 14.1 Å². The number of rotatable bonds is 4. The summed E-state index contributed by atoms with van der Waals surface area (Å²) in [5, 5.41) is 3.96. The van der Waals surface area contributed by atoms with Crippen LogP contribution < -0.4 is 0 Å². The highest BCUT2D eigenvalue weighted by Crippen LogP contribution is 2.17. The quantitative estimate of drug-likeness (QED) is 0.862. The maximum atomic E-state index is 12.0. The highest BCUT2D eigenvalue weighted by molar-refractivity contribution is 5.68. The van der Waals surface area contributed by atoms with Gasteiger partial charge >= 0.3 is 6.09 Å². The first-order chi connectivity index (χ1) is 10.8. The summed E-state index contributed by atoms with van der Waals surface area (Å²) in [6.07, 6.45) is 3.43. The molecule has 0 radical (unpaired) electrons. The van der Waals surface area contributed by atoms with Crippen LogP contribution in [0.4, 0.5) is 4.79 Å². The van der Waals surface area contributed by atoms with Crippen molar-refractivity contribution in [3.8, 4) is 11.5 Å². The van der Waals surface area contributed by atoms with Gasteiger partial charge in [0.15, 0.2) is 5.82 Å². The number of pyridine rings is 1. The average molecular weight is 318 g/mol. The maximum absolute atomic E-state index is 12.0. The maximum Gasteiger partial charge on any atom is 0.410 e. The van der Waals surface area contributed by atoms with Gasteiger partial charge in [0.1, 0.15) is 5.60 Å². The number of ether oxygens (including phenoxy) is 1. The lowest BCUT2D eigenvalue weighted by Gasteiger charge is -2.28. The third kappa shape index (κ3) is 4.77. The van der Waals surface area contributed by atoms with Gasteiger partial charge in [0, 0.05) is 37.5 Å². The first-order valence-corrected chi connectivity index (χ1v) is 7.45. The second-order valence-corrected chi connectivity index (χ2v) is 6.40. The third-order valence-electron chi connectivity index (χ3n) is 3.22. The van der Waals surface area contributed by atoms with Crippen molar-refractivity contribution in [2.75, 3.05) is 7.05 Å². The van der Waals surface area contributed by atoms with Crippen molar-refractivity contribution in [1.82, 2.24) is 20.0 Å². The predicted molar refractivity (Wildman–Crippen MR) is 84.7 cm³/mol. The summed E-state index contributed by atoms with van der Waals surface area (Å²) >= 11 is 0. The van der Waals surface area contributed by atoms with Gasteiger partial charge in [0.05, 0.1) is 0 Å². The molecule has 1 amide bonds. The van der Waals surface area contributed by atoms with Crippen LogP contribution in [-0.2, 0) is 11.2 Å². The zero-order valence-corrected chi connectivity index (χ0v) is 14.1. The Bertz CT molecular complexity index is 649. The van der Waals surface area contributed by atoms with Crippen LogP contribution in [0.15, 0.2) is 29.0 Å². The topological polar surface area (TPSA) is 81.4 Å². The molecule has 1 atom stereocenters. The van der Waals surface area contributed by atoms with E-state index in [-0.39, 0.29) is 12.1 Å². The number of hydrogen-bond donors (Lipinski definition) is 0. The molecule has 0 bridgehead atoms. The minimum absolute atomic E-state index is 0.118. The van der Waals surface area contributed by atoms with E-state index in [1.165, 1.54) is 4.90 Å². The van der Waals surface area contributed by atoms with Crippen LogP contribution in [0.2, 0.25) is 0 Å². The molecule has 2 rings (SSSR count). The summed E-state index contributed by atoms with van der Waals surface area (Å²) in [6, 6.07) is 3.48. The Hall–Kier alpha value is -2.44. The van der Waals surface area contributed by atoms with E-state index in [1.54, 1.807) is 31.6 Å². The smallest absolute Gasteiger partial charge is 0.410 e. The van der Waals surface area contributed by atoms with Crippen LogP contribution in [-0.4, -0.2) is 44.8 Å². The molecule has 0 saturated heterocycles. The van der Waals surface area contributed by atoms with Crippen molar-refractivity contribution in [3.63, 3.8) is 0 Å². The summed E-state index contributed by atoms with van der Waals surface area (Å²) in [4.78, 5) is 21.9. The van der Waals surface area contributed by atoms with Gasteiger partial charge in [-0.05, 0) is 39.8 Å². The Labute approximate surface area is 135 Å². The molecule has 0 aliphatic carbocycles. The summed E-state index contributed by atoms with van der Waals surface area (Å²) in [6.45, 7) is 7.42. The summed E-state index contributed by atoms with van der Waals surface area (Å²) in [5.41, 5.74) is 0.290. The number of carbonyl (C=O) groups is 1. The molecular weight excluding hydrogens is 296 g/mol. The highest BCUT2D eigenvalue weighted by Gasteiger charge is 2.24. The standard InChI is InChI=1S/C16H22N4O3/c1-11(20(5)15(21)22-16(2,3)4)10-13-18-14(23-19-13)12-6-8-17-9-7-12/h6-9,11H,10H2,1-5H3/t11-/m0/s1. The number of amides is 1. The van der Waals surface area contributed by atoms with Crippen molar-refractivity contribution >= 4 is 6.09 Å². The second kappa shape index (κ2) is 6.76. The van der Waals surface area contributed by atoms with Crippen LogP contribution in [0.5, 0.6) is 0 Å². The molecular formula is C16H22N4O3. The molecule has 0 aromatic carbocycles. The van der Waals surface area contributed by atoms with Crippen LogP contribution in [0.1, 0.15) is 33.5 Å². The number of likely N-dealkylation sites (N-methyl/N-ethyl adjacent to an activating group) is 1. The molecule has 0 spiro atoms. The van der Waals surface area contributed by atoms with Gasteiger partial charge in [-0.15, -0.1) is 0 Å².